The van der Waals surface area contributed by atoms with Gasteiger partial charge in [0.1, 0.15) is 5.41 Å². The molecule has 0 aromatic heterocycles. The Morgan fingerprint density at radius 1 is 1.19 bits per heavy atom. The van der Waals surface area contributed by atoms with Crippen LogP contribution in [0.25, 0.3) is 0 Å². The lowest BCUT2D eigenvalue weighted by Crippen LogP contribution is -2.47. The van der Waals surface area contributed by atoms with E-state index in [1.165, 1.54) is 12.8 Å². The molecule has 0 aliphatic carbocycles. The van der Waals surface area contributed by atoms with Crippen molar-refractivity contribution in [3.8, 4) is 6.07 Å². The van der Waals surface area contributed by atoms with E-state index in [1.54, 1.807) is 0 Å². The molecule has 0 spiro atoms. The molecule has 21 heavy (non-hydrogen) atoms. The summed E-state index contributed by atoms with van der Waals surface area (Å²) in [5.41, 5.74) is -0.786. The molecule has 0 aromatic rings. The van der Waals surface area contributed by atoms with Gasteiger partial charge in [-0.2, -0.15) is 5.26 Å². The van der Waals surface area contributed by atoms with E-state index >= 15 is 0 Å². The third kappa shape index (κ3) is 3.08. The van der Waals surface area contributed by atoms with Crippen LogP contribution >= 0.6 is 0 Å². The van der Waals surface area contributed by atoms with E-state index in [9.17, 15) is 10.1 Å². The van der Waals surface area contributed by atoms with Crippen molar-refractivity contribution in [2.75, 3.05) is 20.1 Å². The van der Waals surface area contributed by atoms with Crippen LogP contribution in [0.15, 0.2) is 0 Å². The molecule has 2 saturated heterocycles. The Bertz CT molecular complexity index is 409. The maximum Gasteiger partial charge on any atom is 0.243 e. The number of amides is 1. The van der Waals surface area contributed by atoms with Gasteiger partial charge in [-0.25, -0.2) is 0 Å². The fraction of sp³-hybridized carbons (Fsp3) is 0.882. The normalized spacial score (nSPS) is 26.5. The Morgan fingerprint density at radius 2 is 1.81 bits per heavy atom. The maximum absolute atomic E-state index is 13.1. The van der Waals surface area contributed by atoms with Gasteiger partial charge in [0.2, 0.25) is 5.91 Å². The lowest BCUT2D eigenvalue weighted by Gasteiger charge is -2.33. The Hall–Kier alpha value is -1.08. The van der Waals surface area contributed by atoms with Gasteiger partial charge in [0.15, 0.2) is 0 Å². The quantitative estimate of drug-likeness (QED) is 0.782. The van der Waals surface area contributed by atoms with E-state index in [4.69, 9.17) is 0 Å². The first-order chi connectivity index (χ1) is 10.1. The lowest BCUT2D eigenvalue weighted by molar-refractivity contribution is -0.140. The summed E-state index contributed by atoms with van der Waals surface area (Å²) in [6.45, 7) is 5.75. The molecule has 2 rings (SSSR count). The largest absolute Gasteiger partial charge is 0.340 e. The summed E-state index contributed by atoms with van der Waals surface area (Å²) in [4.78, 5) is 17.5. The Balaban J connectivity index is 2.15. The number of carbonyl (C=O) groups excluding carboxylic acids is 1. The molecule has 2 fully saturated rings. The van der Waals surface area contributed by atoms with Gasteiger partial charge in [-0.15, -0.1) is 0 Å². The fourth-order valence-electron chi connectivity index (χ4n) is 4.15. The minimum absolute atomic E-state index is 0.0923. The average molecular weight is 291 g/mol. The number of likely N-dealkylation sites (N-methyl/N-ethyl adjacent to an activating group) is 1. The average Bonchev–Trinajstić information content (AvgIpc) is 2.71. The van der Waals surface area contributed by atoms with Crippen LogP contribution in [0.1, 0.15) is 58.8 Å². The van der Waals surface area contributed by atoms with Crippen LogP contribution < -0.4 is 0 Å². The van der Waals surface area contributed by atoms with Gasteiger partial charge >= 0.3 is 0 Å². The maximum atomic E-state index is 13.1. The van der Waals surface area contributed by atoms with E-state index in [2.05, 4.69) is 31.9 Å². The summed E-state index contributed by atoms with van der Waals surface area (Å²) in [6, 6.07) is 3.50. The molecule has 0 saturated carbocycles. The highest BCUT2D eigenvalue weighted by molar-refractivity contribution is 5.85. The fourth-order valence-corrected chi connectivity index (χ4v) is 4.15. The third-order valence-corrected chi connectivity index (χ3v) is 5.41. The Morgan fingerprint density at radius 3 is 2.38 bits per heavy atom. The Kier molecular flexibility index (Phi) is 5.27. The first-order valence-electron chi connectivity index (χ1n) is 8.50. The molecule has 0 aromatic carbocycles. The van der Waals surface area contributed by atoms with E-state index in [-0.39, 0.29) is 5.91 Å². The zero-order chi connectivity index (χ0) is 15.5. The molecule has 0 radical (unpaired) electrons. The van der Waals surface area contributed by atoms with Crippen LogP contribution in [0.5, 0.6) is 0 Å². The molecule has 2 aliphatic rings. The number of carbonyl (C=O) groups is 1. The number of rotatable bonds is 5. The molecular formula is C17H29N3O. The second-order valence-corrected chi connectivity index (χ2v) is 6.78. The van der Waals surface area contributed by atoms with Crippen molar-refractivity contribution < 1.29 is 4.79 Å². The van der Waals surface area contributed by atoms with Gasteiger partial charge in [0, 0.05) is 25.2 Å². The molecule has 0 N–H and O–H groups in total. The van der Waals surface area contributed by atoms with Crippen LogP contribution in [0.2, 0.25) is 0 Å². The molecule has 4 nitrogen and oxygen atoms in total. The van der Waals surface area contributed by atoms with Crippen LogP contribution in [-0.4, -0.2) is 47.9 Å². The van der Waals surface area contributed by atoms with Crippen LogP contribution in [0, 0.1) is 16.7 Å². The summed E-state index contributed by atoms with van der Waals surface area (Å²) in [5, 5.41) is 9.69. The first-order valence-corrected chi connectivity index (χ1v) is 8.50. The smallest absolute Gasteiger partial charge is 0.243 e. The number of fused-ring (bicyclic) bond motifs is 2. The van der Waals surface area contributed by atoms with Crippen molar-refractivity contribution in [2.24, 2.45) is 5.41 Å². The van der Waals surface area contributed by atoms with Crippen molar-refractivity contribution >= 4 is 5.91 Å². The highest BCUT2D eigenvalue weighted by Gasteiger charge is 2.43. The number of likely N-dealkylation sites (tertiary alicyclic amines) is 1. The van der Waals surface area contributed by atoms with Crippen LogP contribution in [0.4, 0.5) is 0 Å². The zero-order valence-corrected chi connectivity index (χ0v) is 13.8. The highest BCUT2D eigenvalue weighted by atomic mass is 16.2. The molecule has 2 unspecified atom stereocenters. The van der Waals surface area contributed by atoms with E-state index < -0.39 is 5.41 Å². The van der Waals surface area contributed by atoms with Crippen LogP contribution in [0.3, 0.4) is 0 Å². The second-order valence-electron chi connectivity index (χ2n) is 6.78. The molecule has 2 heterocycles. The molecule has 118 valence electrons. The van der Waals surface area contributed by atoms with Gasteiger partial charge in [-0.1, -0.05) is 26.7 Å². The first kappa shape index (κ1) is 16.3. The van der Waals surface area contributed by atoms with Crippen molar-refractivity contribution in [2.45, 2.75) is 70.9 Å². The molecule has 4 heteroatoms. The monoisotopic (exact) mass is 291 g/mol. The third-order valence-electron chi connectivity index (χ3n) is 5.41. The number of hydrogen-bond acceptors (Lipinski definition) is 3. The summed E-state index contributed by atoms with van der Waals surface area (Å²) < 4.78 is 0. The molecule has 2 atom stereocenters. The number of hydrogen-bond donors (Lipinski definition) is 0. The summed E-state index contributed by atoms with van der Waals surface area (Å²) in [7, 11) is 2.19. The lowest BCUT2D eigenvalue weighted by atomic mass is 9.79. The predicted octanol–water partition coefficient (Wildman–Crippen LogP) is 2.79. The second kappa shape index (κ2) is 6.79. The summed E-state index contributed by atoms with van der Waals surface area (Å²) in [5.74, 6) is 0.0923. The topological polar surface area (TPSA) is 47.3 Å². The highest BCUT2D eigenvalue weighted by Crippen LogP contribution is 2.35. The van der Waals surface area contributed by atoms with E-state index in [1.807, 2.05) is 4.90 Å². The molecule has 2 aliphatic heterocycles. The van der Waals surface area contributed by atoms with Gasteiger partial charge in [-0.05, 0) is 39.2 Å². The number of nitrogens with zero attached hydrogens (tertiary/aromatic N) is 3. The van der Waals surface area contributed by atoms with Gasteiger partial charge in [0.25, 0.3) is 0 Å². The van der Waals surface area contributed by atoms with Crippen LogP contribution in [-0.2, 0) is 4.79 Å². The van der Waals surface area contributed by atoms with Gasteiger partial charge in [0.05, 0.1) is 6.07 Å². The zero-order valence-electron chi connectivity index (χ0n) is 13.8. The van der Waals surface area contributed by atoms with E-state index in [0.717, 1.165) is 32.4 Å². The Labute approximate surface area is 129 Å². The minimum Gasteiger partial charge on any atom is -0.340 e. The standard InChI is InChI=1S/C17H29N3O/c1-4-9-17(13-18,10-5-2)16(21)20-11-8-14-6-7-15(12-20)19(14)3/h14-15H,4-12H2,1-3H3. The van der Waals surface area contributed by atoms with Gasteiger partial charge < -0.3 is 4.90 Å². The molecule has 2 bridgehead atoms. The molecular weight excluding hydrogens is 262 g/mol. The van der Waals surface area contributed by atoms with E-state index in [0.29, 0.717) is 24.9 Å². The van der Waals surface area contributed by atoms with Crippen molar-refractivity contribution in [1.82, 2.24) is 9.80 Å². The predicted molar refractivity (Wildman–Crippen MR) is 83.6 cm³/mol. The molecule has 1 amide bonds. The van der Waals surface area contributed by atoms with Crippen molar-refractivity contribution in [3.05, 3.63) is 0 Å². The van der Waals surface area contributed by atoms with Crippen molar-refractivity contribution in [1.29, 1.82) is 5.26 Å². The minimum atomic E-state index is -0.786. The van der Waals surface area contributed by atoms with Crippen molar-refractivity contribution in [3.63, 3.8) is 0 Å². The summed E-state index contributed by atoms with van der Waals surface area (Å²) >= 11 is 0. The SMILES string of the molecule is CCCC(C#N)(CCC)C(=O)N1CCC2CCC(C1)N2C. The summed E-state index contributed by atoms with van der Waals surface area (Å²) in [6.07, 6.45) is 6.66. The number of nitriles is 1. The van der Waals surface area contributed by atoms with Gasteiger partial charge in [-0.3, -0.25) is 9.69 Å².